The van der Waals surface area contributed by atoms with Gasteiger partial charge in [0.15, 0.2) is 0 Å². The number of anilines is 1. The molecule has 4 unspecified atom stereocenters. The first-order valence-electron chi connectivity index (χ1n) is 19.1. The molecule has 4 fully saturated rings. The third kappa shape index (κ3) is 6.86. The molecule has 2 heteroatoms. The van der Waals surface area contributed by atoms with Gasteiger partial charge in [0.25, 0.3) is 0 Å². The lowest BCUT2D eigenvalue weighted by Crippen LogP contribution is -2.39. The molecule has 2 nitrogen and oxygen atoms in total. The van der Waals surface area contributed by atoms with Crippen LogP contribution in [-0.2, 0) is 0 Å². The van der Waals surface area contributed by atoms with E-state index in [1.54, 1.807) is 11.1 Å². The number of allylic oxidation sites excluding steroid dienone is 2. The molecule has 0 aromatic heterocycles. The molecule has 4 atom stereocenters. The average molecular weight is 603 g/mol. The first kappa shape index (κ1) is 30.9. The molecular formula is C43H58N2. The molecule has 240 valence electrons. The van der Waals surface area contributed by atoms with Crippen molar-refractivity contribution in [1.82, 2.24) is 0 Å². The Morgan fingerprint density at radius 3 is 1.91 bits per heavy atom. The Balaban J connectivity index is 1.26. The van der Waals surface area contributed by atoms with Gasteiger partial charge in [0.1, 0.15) is 17.8 Å². The molecule has 2 aromatic carbocycles. The monoisotopic (exact) mass is 602 g/mol. The van der Waals surface area contributed by atoms with Crippen molar-refractivity contribution in [3.63, 3.8) is 0 Å². The average Bonchev–Trinajstić information content (AvgIpc) is 3.54. The highest BCUT2D eigenvalue weighted by molar-refractivity contribution is 5.63. The van der Waals surface area contributed by atoms with Crippen LogP contribution in [0.5, 0.6) is 0 Å². The summed E-state index contributed by atoms with van der Waals surface area (Å²) in [7, 11) is 0. The Hall–Kier alpha value is -2.74. The van der Waals surface area contributed by atoms with Crippen LogP contribution >= 0.6 is 0 Å². The zero-order valence-electron chi connectivity index (χ0n) is 27.9. The van der Waals surface area contributed by atoms with Crippen LogP contribution in [0, 0.1) is 23.8 Å². The molecule has 0 saturated heterocycles. The third-order valence-electron chi connectivity index (χ3n) is 12.5. The fourth-order valence-electron chi connectivity index (χ4n) is 10.2. The van der Waals surface area contributed by atoms with Gasteiger partial charge >= 0.3 is 0 Å². The van der Waals surface area contributed by atoms with E-state index in [1.807, 2.05) is 0 Å². The molecule has 4 saturated carbocycles. The lowest BCUT2D eigenvalue weighted by Gasteiger charge is -2.45. The van der Waals surface area contributed by atoms with E-state index in [9.17, 15) is 0 Å². The second-order valence-corrected chi connectivity index (χ2v) is 15.2. The first-order valence-corrected chi connectivity index (χ1v) is 19.1. The summed E-state index contributed by atoms with van der Waals surface area (Å²) < 4.78 is 2.38. The standard InChI is InChI=1S/C43H58N2/c1-45-40(39-29-15-25-32-22-13-14-26-36(32)39)30-17-31-41(45)42(35-23-11-6-12-24-35)44-43-37(33-18-7-2-3-8-19-33)27-16-28-38(43)34-20-9-4-5-10-21-34/h6,11-12,16-17,23-24,27-28,30-34,36,39,42,44H,1-5,7-10,13-15,18-22,25-26,29H2. The Morgan fingerprint density at radius 2 is 1.24 bits per heavy atom. The van der Waals surface area contributed by atoms with Crippen LogP contribution < -0.4 is 5.32 Å². The molecule has 1 heterocycles. The van der Waals surface area contributed by atoms with Gasteiger partial charge in [-0.3, -0.25) is 4.58 Å². The van der Waals surface area contributed by atoms with Gasteiger partial charge in [-0.2, -0.15) is 0 Å². The molecule has 0 bridgehead atoms. The molecule has 0 radical (unpaired) electrons. The number of para-hydroxylation sites is 1. The molecule has 4 aliphatic carbocycles. The molecule has 0 amide bonds. The van der Waals surface area contributed by atoms with Crippen LogP contribution in [0.2, 0.25) is 0 Å². The summed E-state index contributed by atoms with van der Waals surface area (Å²) in [5.74, 6) is 3.69. The van der Waals surface area contributed by atoms with Gasteiger partial charge in [0.05, 0.1) is 6.72 Å². The maximum Gasteiger partial charge on any atom is 0.126 e. The second kappa shape index (κ2) is 14.8. The Kier molecular flexibility index (Phi) is 10.1. The van der Waals surface area contributed by atoms with Gasteiger partial charge in [0.2, 0.25) is 0 Å². The van der Waals surface area contributed by atoms with E-state index in [2.05, 4.69) is 76.7 Å². The summed E-state index contributed by atoms with van der Waals surface area (Å²) >= 11 is 0. The SMILES string of the molecule is C=[N+]1C(C(Nc2c(C3CCCCCC3)cccc2C2CCCCCC2)c2ccccc2)=CC=C[C-]1C1CCCC2CCCCC21. The number of hydrogen-bond acceptors (Lipinski definition) is 1. The van der Waals surface area contributed by atoms with Crippen LogP contribution in [0.1, 0.15) is 157 Å². The van der Waals surface area contributed by atoms with Crippen molar-refractivity contribution in [2.75, 3.05) is 5.32 Å². The van der Waals surface area contributed by atoms with Gasteiger partial charge in [0, 0.05) is 11.6 Å². The maximum atomic E-state index is 4.85. The van der Waals surface area contributed by atoms with Crippen molar-refractivity contribution in [1.29, 1.82) is 0 Å². The van der Waals surface area contributed by atoms with Crippen LogP contribution in [0.25, 0.3) is 0 Å². The second-order valence-electron chi connectivity index (χ2n) is 15.2. The normalized spacial score (nSPS) is 27.6. The number of hydrogen-bond donors (Lipinski definition) is 1. The smallest absolute Gasteiger partial charge is 0.126 e. The molecular weight excluding hydrogens is 544 g/mol. The quantitative estimate of drug-likeness (QED) is 0.189. The number of rotatable bonds is 7. The largest absolute Gasteiger partial charge is 0.376 e. The van der Waals surface area contributed by atoms with Crippen LogP contribution in [0.3, 0.4) is 0 Å². The Bertz CT molecular complexity index is 1280. The predicted octanol–water partition coefficient (Wildman–Crippen LogP) is 12.0. The van der Waals surface area contributed by atoms with Gasteiger partial charge in [-0.25, -0.2) is 0 Å². The molecule has 5 aliphatic rings. The maximum absolute atomic E-state index is 4.85. The van der Waals surface area contributed by atoms with Crippen molar-refractivity contribution in [2.24, 2.45) is 17.8 Å². The highest BCUT2D eigenvalue weighted by Gasteiger charge is 2.41. The van der Waals surface area contributed by atoms with E-state index in [0.717, 1.165) is 11.8 Å². The topological polar surface area (TPSA) is 15.0 Å². The van der Waals surface area contributed by atoms with Crippen molar-refractivity contribution in [2.45, 2.75) is 140 Å². The van der Waals surface area contributed by atoms with Crippen molar-refractivity contribution in [3.05, 3.63) is 95.2 Å². The lowest BCUT2D eigenvalue weighted by molar-refractivity contribution is -0.463. The summed E-state index contributed by atoms with van der Waals surface area (Å²) in [5, 5.41) is 4.35. The van der Waals surface area contributed by atoms with E-state index in [1.165, 1.54) is 145 Å². The van der Waals surface area contributed by atoms with Crippen LogP contribution in [0.15, 0.2) is 72.5 Å². The zero-order chi connectivity index (χ0) is 30.4. The number of nitrogens with one attached hydrogen (secondary N) is 1. The van der Waals surface area contributed by atoms with Crippen LogP contribution in [0.4, 0.5) is 5.69 Å². The number of nitrogens with zero attached hydrogens (tertiary/aromatic N) is 1. The van der Waals surface area contributed by atoms with Gasteiger partial charge in [-0.05, 0) is 72.5 Å². The Labute approximate surface area is 274 Å². The fraction of sp³-hybridized carbons (Fsp3) is 0.581. The van der Waals surface area contributed by atoms with Crippen molar-refractivity contribution in [3.8, 4) is 0 Å². The van der Waals surface area contributed by atoms with Gasteiger partial charge in [-0.15, -0.1) is 6.08 Å². The minimum Gasteiger partial charge on any atom is -0.376 e. The summed E-state index contributed by atoms with van der Waals surface area (Å²) in [5.41, 5.74) is 7.28. The molecule has 1 aliphatic heterocycles. The van der Waals surface area contributed by atoms with E-state index >= 15 is 0 Å². The highest BCUT2D eigenvalue weighted by Crippen LogP contribution is 2.50. The molecule has 1 N–H and O–H groups in total. The first-order chi connectivity index (χ1) is 22.3. The van der Waals surface area contributed by atoms with E-state index in [4.69, 9.17) is 6.72 Å². The van der Waals surface area contributed by atoms with Crippen LogP contribution in [-0.4, -0.2) is 11.3 Å². The minimum atomic E-state index is 0.0610. The molecule has 2 aromatic rings. The van der Waals surface area contributed by atoms with Crippen molar-refractivity contribution < 1.29 is 4.58 Å². The zero-order valence-corrected chi connectivity index (χ0v) is 27.9. The van der Waals surface area contributed by atoms with E-state index in [0.29, 0.717) is 17.8 Å². The molecule has 7 rings (SSSR count). The molecule has 0 spiro atoms. The summed E-state index contributed by atoms with van der Waals surface area (Å²) in [6, 6.07) is 20.2. The predicted molar refractivity (Wildman–Crippen MR) is 191 cm³/mol. The lowest BCUT2D eigenvalue weighted by atomic mass is 9.63. The van der Waals surface area contributed by atoms with E-state index in [-0.39, 0.29) is 6.04 Å². The van der Waals surface area contributed by atoms with E-state index < -0.39 is 0 Å². The molecule has 45 heavy (non-hydrogen) atoms. The third-order valence-corrected chi connectivity index (χ3v) is 12.5. The summed E-state index contributed by atoms with van der Waals surface area (Å²) in [4.78, 5) is 0. The summed E-state index contributed by atoms with van der Waals surface area (Å²) in [6.45, 7) is 4.85. The summed E-state index contributed by atoms with van der Waals surface area (Å²) in [6.07, 6.45) is 33.3. The number of fused-ring (bicyclic) bond motifs is 1. The number of benzene rings is 2. The fourth-order valence-corrected chi connectivity index (χ4v) is 10.2. The Morgan fingerprint density at radius 1 is 0.644 bits per heavy atom. The highest BCUT2D eigenvalue weighted by atomic mass is 15.1. The van der Waals surface area contributed by atoms with Crippen molar-refractivity contribution >= 4 is 12.4 Å². The van der Waals surface area contributed by atoms with Gasteiger partial charge < -0.3 is 5.32 Å². The minimum absolute atomic E-state index is 0.0610. The van der Waals surface area contributed by atoms with Gasteiger partial charge in [-0.1, -0.05) is 151 Å².